The summed E-state index contributed by atoms with van der Waals surface area (Å²) in [6.45, 7) is 96.8. The van der Waals surface area contributed by atoms with E-state index >= 15 is 0 Å². The van der Waals surface area contributed by atoms with Crippen LogP contribution < -0.4 is 0 Å². The maximum Gasteiger partial charge on any atom is 0.184 e. The minimum absolute atomic E-state index is 0. The van der Waals surface area contributed by atoms with Crippen molar-refractivity contribution in [3.63, 3.8) is 0 Å². The summed E-state index contributed by atoms with van der Waals surface area (Å²) in [7, 11) is 1.89. The van der Waals surface area contributed by atoms with Crippen molar-refractivity contribution in [2.24, 2.45) is 61.7 Å². The molecule has 0 amide bonds. The Hall–Kier alpha value is -6.86. The van der Waals surface area contributed by atoms with E-state index in [2.05, 4.69) is 170 Å². The summed E-state index contributed by atoms with van der Waals surface area (Å²) >= 11 is 0. The number of allylic oxidation sites excluding steroid dienone is 3. The Bertz CT molecular complexity index is 3470. The third-order valence-corrected chi connectivity index (χ3v) is 15.7. The van der Waals surface area contributed by atoms with Crippen molar-refractivity contribution in [3.05, 3.63) is 188 Å². The maximum absolute atomic E-state index is 12.3. The number of benzene rings is 4. The van der Waals surface area contributed by atoms with Gasteiger partial charge in [0.2, 0.25) is 0 Å². The molecule has 0 radical (unpaired) electrons. The van der Waals surface area contributed by atoms with Gasteiger partial charge in [-0.25, -0.2) is 0 Å². The van der Waals surface area contributed by atoms with Gasteiger partial charge in [0.25, 0.3) is 0 Å². The van der Waals surface area contributed by atoms with Gasteiger partial charge in [-0.3, -0.25) is 29.0 Å². The van der Waals surface area contributed by atoms with E-state index in [1.807, 2.05) is 293 Å². The van der Waals surface area contributed by atoms with Crippen molar-refractivity contribution in [1.29, 1.82) is 0 Å². The van der Waals surface area contributed by atoms with Crippen LogP contribution in [0.2, 0.25) is 0 Å². The van der Waals surface area contributed by atoms with Crippen molar-refractivity contribution >= 4 is 58.0 Å². The summed E-state index contributed by atoms with van der Waals surface area (Å²) in [5.74, 6) is 1.84. The van der Waals surface area contributed by atoms with Gasteiger partial charge in [-0.1, -0.05) is 440 Å². The molecule has 0 saturated heterocycles. The highest BCUT2D eigenvalue weighted by Gasteiger charge is 2.31. The van der Waals surface area contributed by atoms with Gasteiger partial charge < -0.3 is 4.57 Å². The highest BCUT2D eigenvalue weighted by Crippen LogP contribution is 2.40. The molecule has 3 aliphatic carbocycles. The molecule has 0 fully saturated rings. The molecule has 0 spiro atoms. The maximum atomic E-state index is 12.3. The molecule has 115 heavy (non-hydrogen) atoms. The zero-order chi connectivity index (χ0) is 88.5. The molecule has 664 valence electrons. The van der Waals surface area contributed by atoms with E-state index < -0.39 is 0 Å². The smallest absolute Gasteiger partial charge is 0.184 e. The van der Waals surface area contributed by atoms with Gasteiger partial charge in [0.05, 0.1) is 11.2 Å². The molecule has 7 nitrogen and oxygen atoms in total. The number of rotatable bonds is 5. The van der Waals surface area contributed by atoms with Gasteiger partial charge in [-0.2, -0.15) is 0 Å². The predicted molar refractivity (Wildman–Crippen MR) is 529 cm³/mol. The summed E-state index contributed by atoms with van der Waals surface area (Å²) < 4.78 is 1.85. The summed E-state index contributed by atoms with van der Waals surface area (Å²) in [4.78, 5) is 65.0. The molecule has 9 rings (SSSR count). The average Bonchev–Trinajstić information content (AvgIpc) is 1.70. The minimum atomic E-state index is -0.337. The fourth-order valence-corrected chi connectivity index (χ4v) is 9.90. The average molecular weight is 1600 g/mol. The number of fused-ring (bicyclic) bond motifs is 4. The second-order valence-electron chi connectivity index (χ2n) is 36.6. The van der Waals surface area contributed by atoms with Gasteiger partial charge in [-0.05, 0) is 135 Å². The lowest BCUT2D eigenvalue weighted by molar-refractivity contribution is 0.0845. The Morgan fingerprint density at radius 3 is 0.757 bits per heavy atom. The quantitative estimate of drug-likeness (QED) is 0.159. The van der Waals surface area contributed by atoms with Gasteiger partial charge in [0.15, 0.2) is 28.9 Å². The summed E-state index contributed by atoms with van der Waals surface area (Å²) in [6, 6.07) is 31.7. The third-order valence-electron chi connectivity index (χ3n) is 15.7. The molecule has 2 heterocycles. The van der Waals surface area contributed by atoms with Crippen LogP contribution in [0, 0.1) is 54.7 Å². The van der Waals surface area contributed by atoms with Crippen LogP contribution in [0.1, 0.15) is 448 Å². The van der Waals surface area contributed by atoms with Crippen molar-refractivity contribution in [2.75, 3.05) is 0 Å². The Morgan fingerprint density at radius 2 is 0.548 bits per heavy atom. The molecule has 0 saturated carbocycles. The van der Waals surface area contributed by atoms with Crippen LogP contribution in [-0.2, 0) is 26.3 Å². The molecular weight excluding hydrogens is 1410 g/mol. The number of carbonyl (C=O) groups is 5. The lowest BCUT2D eigenvalue weighted by Crippen LogP contribution is -2.22. The largest absolute Gasteiger partial charge is 0.348 e. The number of aromatic nitrogens is 2. The molecule has 6 aromatic rings. The highest BCUT2D eigenvalue weighted by atomic mass is 16.1. The lowest BCUT2D eigenvalue weighted by Gasteiger charge is -2.20. The first-order valence-electron chi connectivity index (χ1n) is 42.1. The van der Waals surface area contributed by atoms with Crippen LogP contribution in [0.3, 0.4) is 0 Å². The monoisotopic (exact) mass is 1600 g/mol. The van der Waals surface area contributed by atoms with Gasteiger partial charge in [0, 0.05) is 74.2 Å². The topological polar surface area (TPSA) is 103 Å². The van der Waals surface area contributed by atoms with E-state index in [0.717, 1.165) is 64.0 Å². The normalized spacial score (nSPS) is 11.6. The number of carbonyl (C=O) groups excluding carboxylic acids is 5. The van der Waals surface area contributed by atoms with Crippen molar-refractivity contribution in [2.45, 2.75) is 382 Å². The zero-order valence-corrected chi connectivity index (χ0v) is 80.8. The zero-order valence-electron chi connectivity index (χ0n) is 80.8. The molecule has 3 aliphatic rings. The van der Waals surface area contributed by atoms with Gasteiger partial charge in [0.1, 0.15) is 0 Å². The SMILES string of the molecule is C.C.C.C.C.CC.CC.CC.CC.CC.CC.CC.CC.CC(C)(C)C.CC(C)(C)C(=O)c1ccc2c(c1)C=C(C(C)(C)C)C2.CC(C)(C)C(=O)c1ccc2c(c1)C=C(C(C)(C)C)C2.CC(C)(C)C(=O)c1ccc2c(c1)C=C(C(C)(C)C)C2.CC(C)(C)C(=O)c1ccc2ncccc2c1.CC(C)C.Cn1cccc1C(=O)C(C)(C)C. The number of Topliss-reactive ketones (excluding diaryl/α,β-unsaturated/α-hetero) is 5. The number of aryl methyl sites for hydroxylation is 1. The summed E-state index contributed by atoms with van der Waals surface area (Å²) in [5, 5.41) is 1.01. The molecular formula is C108H192N2O5. The van der Waals surface area contributed by atoms with Crippen molar-refractivity contribution < 1.29 is 24.0 Å². The number of ketones is 5. The van der Waals surface area contributed by atoms with Crippen LogP contribution in [-0.4, -0.2) is 38.5 Å². The van der Waals surface area contributed by atoms with Gasteiger partial charge >= 0.3 is 0 Å². The highest BCUT2D eigenvalue weighted by molar-refractivity contribution is 6.03. The van der Waals surface area contributed by atoms with E-state index in [9.17, 15) is 24.0 Å². The Morgan fingerprint density at radius 1 is 0.322 bits per heavy atom. The Kier molecular flexibility index (Phi) is 69.3. The number of hydrogen-bond donors (Lipinski definition) is 0. The molecule has 0 N–H and O–H groups in total. The molecule has 4 aromatic carbocycles. The van der Waals surface area contributed by atoms with Gasteiger partial charge in [-0.15, -0.1) is 0 Å². The molecule has 2 aromatic heterocycles. The van der Waals surface area contributed by atoms with E-state index in [1.165, 1.54) is 50.1 Å². The third kappa shape index (κ3) is 49.8. The number of hydrogen-bond acceptors (Lipinski definition) is 6. The molecule has 0 atom stereocenters. The first-order chi connectivity index (χ1) is 50.4. The molecule has 7 heteroatoms. The minimum Gasteiger partial charge on any atom is -0.348 e. The fourth-order valence-electron chi connectivity index (χ4n) is 9.90. The summed E-state index contributed by atoms with van der Waals surface area (Å²) in [6.07, 6.45) is 13.5. The van der Waals surface area contributed by atoms with Crippen LogP contribution >= 0.6 is 0 Å². The van der Waals surface area contributed by atoms with E-state index in [-0.39, 0.29) is 109 Å². The molecule has 0 unspecified atom stereocenters. The van der Waals surface area contributed by atoms with E-state index in [4.69, 9.17) is 0 Å². The summed E-state index contributed by atoms with van der Waals surface area (Å²) in [5.41, 5.74) is 16.5. The fraction of sp³-hybridized carbons (Fsp3) is 0.611. The molecule has 0 bridgehead atoms. The predicted octanol–water partition coefficient (Wildman–Crippen LogP) is 35.5. The first-order valence-corrected chi connectivity index (χ1v) is 42.1. The van der Waals surface area contributed by atoms with Crippen LogP contribution in [0.5, 0.6) is 0 Å². The van der Waals surface area contributed by atoms with E-state index in [1.54, 1.807) is 6.20 Å². The standard InChI is InChI=1S/3C18H24O.C14H15NO.C10H15NO.C5H12.C4H10.8C2H6.5CH4/c3*1-17(2,3)15-10-12-7-8-13(9-14(12)11-15)16(19)18(4,5)6;1-14(2,3)13(16)11-6-7-12-10(9-11)5-4-8-15-12;1-10(2,3)9(12)8-6-5-7-11(8)4;1-5(2,3)4;1-4(2)3;8*1-2;;;;;/h3*7-9,11H,10H2,1-6H3;4-9H,1-3H3;5-7H,1-4H3;1-4H3;4H,1-3H3;8*1-2H3;5*1H4. The van der Waals surface area contributed by atoms with Crippen LogP contribution in [0.4, 0.5) is 0 Å². The Balaban J connectivity index is -0.000000121. The first kappa shape index (κ1) is 132. The van der Waals surface area contributed by atoms with Crippen LogP contribution in [0.25, 0.3) is 29.1 Å². The Labute approximate surface area is 718 Å². The molecule has 0 aliphatic heterocycles. The second kappa shape index (κ2) is 60.6. The van der Waals surface area contributed by atoms with Crippen LogP contribution in [0.15, 0.2) is 126 Å². The van der Waals surface area contributed by atoms with E-state index in [0.29, 0.717) is 5.41 Å². The number of pyridine rings is 1. The number of nitrogens with zero attached hydrogens (tertiary/aromatic N) is 2. The van der Waals surface area contributed by atoms with Crippen molar-refractivity contribution in [1.82, 2.24) is 9.55 Å². The second-order valence-corrected chi connectivity index (χ2v) is 36.6. The lowest BCUT2D eigenvalue weighted by atomic mass is 9.85. The van der Waals surface area contributed by atoms with Crippen molar-refractivity contribution in [3.8, 4) is 0 Å².